The van der Waals surface area contributed by atoms with Crippen LogP contribution in [0.5, 0.6) is 0 Å². The highest BCUT2D eigenvalue weighted by atomic mass is 19.3. The Labute approximate surface area is 70.9 Å². The molecular formula is C8H14F2O2. The van der Waals surface area contributed by atoms with Crippen LogP contribution in [0, 0.1) is 0 Å². The maximum absolute atomic E-state index is 12.3. The van der Waals surface area contributed by atoms with Crippen molar-refractivity contribution in [2.24, 2.45) is 0 Å². The van der Waals surface area contributed by atoms with Gasteiger partial charge in [-0.15, -0.1) is 0 Å². The third-order valence-corrected chi connectivity index (χ3v) is 1.36. The Hall–Kier alpha value is -0.670. The second-order valence-electron chi connectivity index (χ2n) is 3.03. The molecule has 0 rings (SSSR count). The van der Waals surface area contributed by atoms with Gasteiger partial charge in [0.05, 0.1) is 6.10 Å². The molecule has 0 spiro atoms. The van der Waals surface area contributed by atoms with Gasteiger partial charge in [-0.2, -0.15) is 0 Å². The standard InChI is InChI=1S/C8H14F2O2/c1-6(12-7(2)11)4-5-8(3,9)10/h6H,4-5H2,1-3H3. The molecule has 1 atom stereocenters. The first-order valence-corrected chi connectivity index (χ1v) is 3.86. The topological polar surface area (TPSA) is 26.3 Å². The third-order valence-electron chi connectivity index (χ3n) is 1.36. The van der Waals surface area contributed by atoms with Gasteiger partial charge in [0, 0.05) is 13.3 Å². The van der Waals surface area contributed by atoms with E-state index in [4.69, 9.17) is 0 Å². The molecule has 0 bridgehead atoms. The van der Waals surface area contributed by atoms with Crippen LogP contribution in [0.1, 0.15) is 33.6 Å². The highest BCUT2D eigenvalue weighted by molar-refractivity contribution is 5.66. The van der Waals surface area contributed by atoms with E-state index in [1.54, 1.807) is 6.92 Å². The molecule has 0 aliphatic carbocycles. The molecule has 0 amide bonds. The van der Waals surface area contributed by atoms with Gasteiger partial charge in [0.2, 0.25) is 5.92 Å². The van der Waals surface area contributed by atoms with Crippen molar-refractivity contribution < 1.29 is 18.3 Å². The van der Waals surface area contributed by atoms with E-state index in [-0.39, 0.29) is 12.8 Å². The Morgan fingerprint density at radius 1 is 1.58 bits per heavy atom. The fourth-order valence-electron chi connectivity index (χ4n) is 0.799. The van der Waals surface area contributed by atoms with E-state index in [9.17, 15) is 13.6 Å². The van der Waals surface area contributed by atoms with Crippen molar-refractivity contribution in [3.63, 3.8) is 0 Å². The fourth-order valence-corrected chi connectivity index (χ4v) is 0.799. The summed E-state index contributed by atoms with van der Waals surface area (Å²) in [5, 5.41) is 0. The largest absolute Gasteiger partial charge is 0.463 e. The average Bonchev–Trinajstić information content (AvgIpc) is 1.80. The molecule has 0 N–H and O–H groups in total. The minimum atomic E-state index is -2.67. The van der Waals surface area contributed by atoms with Gasteiger partial charge >= 0.3 is 5.97 Å². The van der Waals surface area contributed by atoms with Crippen molar-refractivity contribution in [3.05, 3.63) is 0 Å². The highest BCUT2D eigenvalue weighted by Gasteiger charge is 2.22. The summed E-state index contributed by atoms with van der Waals surface area (Å²) >= 11 is 0. The molecule has 0 aliphatic rings. The molecule has 0 fully saturated rings. The summed E-state index contributed by atoms with van der Waals surface area (Å²) in [5.74, 6) is -3.10. The van der Waals surface area contributed by atoms with E-state index >= 15 is 0 Å². The van der Waals surface area contributed by atoms with Crippen molar-refractivity contribution in [1.82, 2.24) is 0 Å². The van der Waals surface area contributed by atoms with Crippen molar-refractivity contribution in [2.45, 2.75) is 45.6 Å². The van der Waals surface area contributed by atoms with Gasteiger partial charge in [0.1, 0.15) is 0 Å². The van der Waals surface area contributed by atoms with Crippen LogP contribution in [-0.2, 0) is 9.53 Å². The number of hydrogen-bond acceptors (Lipinski definition) is 2. The Bertz CT molecular complexity index is 152. The lowest BCUT2D eigenvalue weighted by molar-refractivity contribution is -0.146. The number of rotatable bonds is 4. The Morgan fingerprint density at radius 2 is 2.08 bits per heavy atom. The summed E-state index contributed by atoms with van der Waals surface area (Å²) in [7, 11) is 0. The summed E-state index contributed by atoms with van der Waals surface area (Å²) in [5.41, 5.74) is 0. The quantitative estimate of drug-likeness (QED) is 0.621. The van der Waals surface area contributed by atoms with E-state index in [1.807, 2.05) is 0 Å². The summed E-state index contributed by atoms with van der Waals surface area (Å²) in [6, 6.07) is 0. The predicted molar refractivity (Wildman–Crippen MR) is 41.1 cm³/mol. The van der Waals surface area contributed by atoms with Crippen LogP contribution in [0.15, 0.2) is 0 Å². The molecule has 2 nitrogen and oxygen atoms in total. The molecule has 72 valence electrons. The molecule has 0 aromatic heterocycles. The van der Waals surface area contributed by atoms with Crippen molar-refractivity contribution in [3.8, 4) is 0 Å². The van der Waals surface area contributed by atoms with Crippen molar-refractivity contribution in [2.75, 3.05) is 0 Å². The van der Waals surface area contributed by atoms with Crippen LogP contribution in [0.2, 0.25) is 0 Å². The lowest BCUT2D eigenvalue weighted by Gasteiger charge is -2.14. The maximum atomic E-state index is 12.3. The normalized spacial score (nSPS) is 14.1. The van der Waals surface area contributed by atoms with Crippen LogP contribution in [0.3, 0.4) is 0 Å². The number of hydrogen-bond donors (Lipinski definition) is 0. The molecular weight excluding hydrogens is 166 g/mol. The summed E-state index contributed by atoms with van der Waals surface area (Å²) in [6.07, 6.45) is -0.474. The first-order valence-electron chi connectivity index (χ1n) is 3.86. The molecule has 12 heavy (non-hydrogen) atoms. The smallest absolute Gasteiger partial charge is 0.302 e. The monoisotopic (exact) mass is 180 g/mol. The lowest BCUT2D eigenvalue weighted by atomic mass is 10.1. The molecule has 0 aliphatic heterocycles. The van der Waals surface area contributed by atoms with Gasteiger partial charge in [-0.1, -0.05) is 0 Å². The molecule has 0 heterocycles. The van der Waals surface area contributed by atoms with Crippen LogP contribution in [0.4, 0.5) is 8.78 Å². The van der Waals surface area contributed by atoms with E-state index in [2.05, 4.69) is 4.74 Å². The lowest BCUT2D eigenvalue weighted by Crippen LogP contribution is -2.17. The van der Waals surface area contributed by atoms with Crippen LogP contribution in [0.25, 0.3) is 0 Å². The maximum Gasteiger partial charge on any atom is 0.302 e. The molecule has 4 heteroatoms. The zero-order chi connectivity index (χ0) is 9.78. The fraction of sp³-hybridized carbons (Fsp3) is 0.875. The SMILES string of the molecule is CC(=O)OC(C)CCC(C)(F)F. The van der Waals surface area contributed by atoms with Crippen LogP contribution < -0.4 is 0 Å². The summed E-state index contributed by atoms with van der Waals surface area (Å²) in [4.78, 5) is 10.4. The molecule has 0 aromatic rings. The number of esters is 1. The number of alkyl halides is 2. The van der Waals surface area contributed by atoms with Crippen LogP contribution in [-0.4, -0.2) is 18.0 Å². The van der Waals surface area contributed by atoms with Gasteiger partial charge in [-0.25, -0.2) is 8.78 Å². The highest BCUT2D eigenvalue weighted by Crippen LogP contribution is 2.20. The second kappa shape index (κ2) is 4.38. The second-order valence-corrected chi connectivity index (χ2v) is 3.03. The molecule has 0 saturated carbocycles. The molecule has 1 unspecified atom stereocenters. The van der Waals surface area contributed by atoms with Crippen LogP contribution >= 0.6 is 0 Å². The van der Waals surface area contributed by atoms with Gasteiger partial charge < -0.3 is 4.74 Å². The van der Waals surface area contributed by atoms with Crippen molar-refractivity contribution >= 4 is 5.97 Å². The van der Waals surface area contributed by atoms with Gasteiger partial charge in [0.25, 0.3) is 0 Å². The number of carbonyl (C=O) groups is 1. The summed E-state index contributed by atoms with van der Waals surface area (Å²) in [6.45, 7) is 3.72. The average molecular weight is 180 g/mol. The first-order chi connectivity index (χ1) is 5.31. The first kappa shape index (κ1) is 11.3. The number of halogens is 2. The minimum absolute atomic E-state index is 0.198. The van der Waals surface area contributed by atoms with E-state index in [0.29, 0.717) is 0 Å². The third kappa shape index (κ3) is 7.44. The van der Waals surface area contributed by atoms with E-state index < -0.39 is 18.0 Å². The Morgan fingerprint density at radius 3 is 2.42 bits per heavy atom. The number of carbonyl (C=O) groups excluding carboxylic acids is 1. The predicted octanol–water partition coefficient (Wildman–Crippen LogP) is 2.37. The van der Waals surface area contributed by atoms with Gasteiger partial charge in [-0.3, -0.25) is 4.79 Å². The van der Waals surface area contributed by atoms with E-state index in [1.165, 1.54) is 6.92 Å². The zero-order valence-electron chi connectivity index (χ0n) is 7.56. The number of ether oxygens (including phenoxy) is 1. The Balaban J connectivity index is 3.57. The minimum Gasteiger partial charge on any atom is -0.463 e. The molecule has 0 radical (unpaired) electrons. The summed E-state index contributed by atoms with van der Waals surface area (Å²) < 4.78 is 29.2. The van der Waals surface area contributed by atoms with Crippen molar-refractivity contribution in [1.29, 1.82) is 0 Å². The zero-order valence-corrected chi connectivity index (χ0v) is 7.56. The molecule has 0 saturated heterocycles. The Kier molecular flexibility index (Phi) is 4.13. The molecule has 0 aromatic carbocycles. The van der Waals surface area contributed by atoms with Gasteiger partial charge in [0.15, 0.2) is 0 Å². The van der Waals surface area contributed by atoms with Gasteiger partial charge in [-0.05, 0) is 20.3 Å². The van der Waals surface area contributed by atoms with E-state index in [0.717, 1.165) is 6.92 Å².